The molecule has 2 heterocycles. The van der Waals surface area contributed by atoms with Crippen LogP contribution >= 0.6 is 0 Å². The molecule has 5 heteroatoms. The molecule has 0 fully saturated rings. The van der Waals surface area contributed by atoms with Crippen molar-refractivity contribution in [1.82, 2.24) is 14.8 Å². The van der Waals surface area contributed by atoms with E-state index in [1.807, 2.05) is 14.0 Å². The summed E-state index contributed by atoms with van der Waals surface area (Å²) in [5.74, 6) is 1.38. The molecule has 2 N–H and O–H groups in total. The molecule has 2 rings (SSSR count). The summed E-state index contributed by atoms with van der Waals surface area (Å²) >= 11 is 0. The molecule has 98 valence electrons. The normalized spacial score (nSPS) is 12.1. The van der Waals surface area contributed by atoms with E-state index in [-0.39, 0.29) is 5.41 Å². The van der Waals surface area contributed by atoms with Crippen LogP contribution in [0.4, 0.5) is 5.69 Å². The highest BCUT2D eigenvalue weighted by atomic mass is 16.4. The van der Waals surface area contributed by atoms with Crippen LogP contribution in [-0.2, 0) is 18.9 Å². The summed E-state index contributed by atoms with van der Waals surface area (Å²) in [7, 11) is 1.85. The molecule has 0 amide bonds. The molecule has 0 atom stereocenters. The third kappa shape index (κ3) is 2.00. The van der Waals surface area contributed by atoms with E-state index in [2.05, 4.69) is 30.9 Å². The molecule has 0 unspecified atom stereocenters. The van der Waals surface area contributed by atoms with Crippen molar-refractivity contribution < 1.29 is 4.42 Å². The number of aromatic nitrogens is 3. The van der Waals surface area contributed by atoms with Crippen LogP contribution in [0.1, 0.15) is 39.1 Å². The summed E-state index contributed by atoms with van der Waals surface area (Å²) in [5, 5.41) is 4.37. The first-order valence-electron chi connectivity index (χ1n) is 6.12. The van der Waals surface area contributed by atoms with Crippen molar-refractivity contribution >= 4 is 5.69 Å². The lowest BCUT2D eigenvalue weighted by molar-refractivity contribution is 0.414. The van der Waals surface area contributed by atoms with E-state index >= 15 is 0 Å². The van der Waals surface area contributed by atoms with Crippen molar-refractivity contribution in [2.45, 2.75) is 39.5 Å². The Morgan fingerprint density at radius 2 is 2.06 bits per heavy atom. The molecule has 0 saturated carbocycles. The van der Waals surface area contributed by atoms with Gasteiger partial charge in [-0.25, -0.2) is 4.98 Å². The first-order valence-corrected chi connectivity index (χ1v) is 6.12. The van der Waals surface area contributed by atoms with Crippen molar-refractivity contribution in [3.05, 3.63) is 17.7 Å². The number of anilines is 1. The summed E-state index contributed by atoms with van der Waals surface area (Å²) in [5.41, 5.74) is 8.30. The van der Waals surface area contributed by atoms with E-state index in [0.29, 0.717) is 11.6 Å². The molecule has 0 aliphatic carbocycles. The first kappa shape index (κ1) is 12.7. The van der Waals surface area contributed by atoms with Crippen LogP contribution in [0.5, 0.6) is 0 Å². The van der Waals surface area contributed by atoms with E-state index in [1.165, 1.54) is 0 Å². The quantitative estimate of drug-likeness (QED) is 0.886. The molecule has 5 nitrogen and oxygen atoms in total. The summed E-state index contributed by atoms with van der Waals surface area (Å²) < 4.78 is 7.53. The second-order valence-electron chi connectivity index (χ2n) is 5.47. The van der Waals surface area contributed by atoms with E-state index in [1.54, 1.807) is 10.9 Å². The number of aryl methyl sites for hydroxylation is 2. The zero-order valence-electron chi connectivity index (χ0n) is 11.6. The lowest BCUT2D eigenvalue weighted by atomic mass is 9.94. The number of hydrogen-bond donors (Lipinski definition) is 1. The van der Waals surface area contributed by atoms with E-state index < -0.39 is 0 Å². The van der Waals surface area contributed by atoms with Crippen molar-refractivity contribution in [3.8, 4) is 11.6 Å². The van der Waals surface area contributed by atoms with E-state index in [0.717, 1.165) is 23.6 Å². The maximum Gasteiger partial charge on any atom is 0.247 e. The molecule has 0 aromatic carbocycles. The Labute approximate surface area is 107 Å². The molecule has 0 spiro atoms. The Morgan fingerprint density at radius 3 is 2.50 bits per heavy atom. The molecular weight excluding hydrogens is 228 g/mol. The zero-order valence-corrected chi connectivity index (χ0v) is 11.6. The smallest absolute Gasteiger partial charge is 0.247 e. The topological polar surface area (TPSA) is 69.9 Å². The number of nitrogen functional groups attached to an aromatic ring is 1. The minimum Gasteiger partial charge on any atom is -0.439 e. The van der Waals surface area contributed by atoms with Crippen molar-refractivity contribution in [2.24, 2.45) is 7.05 Å². The highest BCUT2D eigenvalue weighted by Gasteiger charge is 2.23. The van der Waals surface area contributed by atoms with Gasteiger partial charge in [-0.15, -0.1) is 0 Å². The fraction of sp³-hybridized carbons (Fsp3) is 0.538. The lowest BCUT2D eigenvalue weighted by Gasteiger charge is -2.13. The van der Waals surface area contributed by atoms with Crippen molar-refractivity contribution in [2.75, 3.05) is 5.73 Å². The van der Waals surface area contributed by atoms with E-state index in [9.17, 15) is 0 Å². The van der Waals surface area contributed by atoms with Gasteiger partial charge in [0.15, 0.2) is 0 Å². The zero-order chi connectivity index (χ0) is 13.5. The van der Waals surface area contributed by atoms with Crippen molar-refractivity contribution in [1.29, 1.82) is 0 Å². The minimum atomic E-state index is -0.0633. The van der Waals surface area contributed by atoms with Gasteiger partial charge < -0.3 is 10.2 Å². The van der Waals surface area contributed by atoms with Gasteiger partial charge in [-0.2, -0.15) is 5.10 Å². The number of oxazole rings is 1. The summed E-state index contributed by atoms with van der Waals surface area (Å²) in [6.07, 6.45) is 2.56. The minimum absolute atomic E-state index is 0.0633. The van der Waals surface area contributed by atoms with Gasteiger partial charge in [-0.05, 0) is 6.42 Å². The van der Waals surface area contributed by atoms with Gasteiger partial charge in [0.1, 0.15) is 11.5 Å². The number of hydrogen-bond acceptors (Lipinski definition) is 4. The Hall–Kier alpha value is -1.78. The second-order valence-corrected chi connectivity index (χ2v) is 5.47. The van der Waals surface area contributed by atoms with Crippen LogP contribution in [0.25, 0.3) is 11.6 Å². The monoisotopic (exact) mass is 248 g/mol. The Morgan fingerprint density at radius 1 is 1.39 bits per heavy atom. The largest absolute Gasteiger partial charge is 0.439 e. The molecule has 0 aliphatic rings. The molecule has 0 aliphatic heterocycles. The van der Waals surface area contributed by atoms with Crippen LogP contribution < -0.4 is 5.73 Å². The Balaban J connectivity index is 2.50. The third-order valence-corrected chi connectivity index (χ3v) is 2.94. The standard InChI is InChI=1S/C13H20N4O/c1-6-8-10(14)11(17(5)16-8)12-15-7-9(18-12)13(2,3)4/h7H,6,14H2,1-5H3. The van der Waals surface area contributed by atoms with Gasteiger partial charge in [0.05, 0.1) is 17.6 Å². The summed E-state index contributed by atoms with van der Waals surface area (Å²) in [6.45, 7) is 8.28. The summed E-state index contributed by atoms with van der Waals surface area (Å²) in [4.78, 5) is 4.31. The Bertz CT molecular complexity index is 560. The van der Waals surface area contributed by atoms with Gasteiger partial charge in [0.25, 0.3) is 0 Å². The van der Waals surface area contributed by atoms with Crippen LogP contribution in [0.2, 0.25) is 0 Å². The van der Waals surface area contributed by atoms with Gasteiger partial charge in [-0.1, -0.05) is 27.7 Å². The van der Waals surface area contributed by atoms with Crippen molar-refractivity contribution in [3.63, 3.8) is 0 Å². The van der Waals surface area contributed by atoms with Gasteiger partial charge in [0.2, 0.25) is 5.89 Å². The van der Waals surface area contributed by atoms with Crippen LogP contribution in [0, 0.1) is 0 Å². The number of nitrogens with zero attached hydrogens (tertiary/aromatic N) is 3. The maximum absolute atomic E-state index is 6.08. The molecule has 2 aromatic rings. The van der Waals surface area contributed by atoms with Crippen LogP contribution in [-0.4, -0.2) is 14.8 Å². The third-order valence-electron chi connectivity index (χ3n) is 2.94. The maximum atomic E-state index is 6.08. The average Bonchev–Trinajstić information content (AvgIpc) is 2.83. The summed E-state index contributed by atoms with van der Waals surface area (Å²) in [6, 6.07) is 0. The number of rotatable bonds is 2. The molecule has 0 saturated heterocycles. The predicted molar refractivity (Wildman–Crippen MR) is 71.2 cm³/mol. The molecule has 2 aromatic heterocycles. The highest BCUT2D eigenvalue weighted by molar-refractivity contribution is 5.69. The first-order chi connectivity index (χ1) is 8.34. The molecular formula is C13H20N4O. The molecule has 0 radical (unpaired) electrons. The molecule has 18 heavy (non-hydrogen) atoms. The lowest BCUT2D eigenvalue weighted by Crippen LogP contribution is -2.09. The van der Waals surface area contributed by atoms with Gasteiger partial charge in [0, 0.05) is 12.5 Å². The fourth-order valence-corrected chi connectivity index (χ4v) is 1.84. The molecule has 0 bridgehead atoms. The average molecular weight is 248 g/mol. The second kappa shape index (κ2) is 4.15. The predicted octanol–water partition coefficient (Wildman–Crippen LogP) is 2.52. The highest BCUT2D eigenvalue weighted by Crippen LogP contribution is 2.31. The fourth-order valence-electron chi connectivity index (χ4n) is 1.84. The van der Waals surface area contributed by atoms with Gasteiger partial charge >= 0.3 is 0 Å². The van der Waals surface area contributed by atoms with E-state index in [4.69, 9.17) is 10.2 Å². The number of nitrogens with two attached hydrogens (primary N) is 1. The van der Waals surface area contributed by atoms with Crippen LogP contribution in [0.3, 0.4) is 0 Å². The Kier molecular flexibility index (Phi) is 2.92. The van der Waals surface area contributed by atoms with Crippen LogP contribution in [0.15, 0.2) is 10.6 Å². The SMILES string of the molecule is CCc1nn(C)c(-c2ncc(C(C)(C)C)o2)c1N. The van der Waals surface area contributed by atoms with Gasteiger partial charge in [-0.3, -0.25) is 4.68 Å².